The van der Waals surface area contributed by atoms with E-state index < -0.39 is 18.3 Å². The Bertz CT molecular complexity index is 993. The maximum absolute atomic E-state index is 10.7. The van der Waals surface area contributed by atoms with Gasteiger partial charge in [-0.3, -0.25) is 0 Å². The summed E-state index contributed by atoms with van der Waals surface area (Å²) in [7, 11) is 0. The summed E-state index contributed by atoms with van der Waals surface area (Å²) < 4.78 is 7.98. The fourth-order valence-electron chi connectivity index (χ4n) is 3.90. The number of nitrogens with zero attached hydrogens (tertiary/aromatic N) is 3. The van der Waals surface area contributed by atoms with Gasteiger partial charge in [0.1, 0.15) is 36.0 Å². The number of hydrogen-bond acceptors (Lipinski definition) is 6. The van der Waals surface area contributed by atoms with Gasteiger partial charge in [0.2, 0.25) is 0 Å². The van der Waals surface area contributed by atoms with E-state index in [4.69, 9.17) is 22.1 Å². The number of aromatic nitrogens is 3. The molecule has 1 aliphatic carbocycles. The van der Waals surface area contributed by atoms with Crippen molar-refractivity contribution in [3.63, 3.8) is 0 Å². The van der Waals surface area contributed by atoms with Gasteiger partial charge in [-0.1, -0.05) is 11.6 Å². The Morgan fingerprint density at radius 2 is 2.07 bits per heavy atom. The molecule has 0 amide bonds. The molecule has 4 atom stereocenters. The number of fused-ring (bicyclic) bond motifs is 1. The summed E-state index contributed by atoms with van der Waals surface area (Å²) in [5.74, 6) is 0.627. The van der Waals surface area contributed by atoms with Crippen molar-refractivity contribution in [3.05, 3.63) is 53.1 Å². The van der Waals surface area contributed by atoms with Gasteiger partial charge in [0, 0.05) is 23.0 Å². The van der Waals surface area contributed by atoms with Gasteiger partial charge < -0.3 is 25.3 Å². The monoisotopic (exact) mass is 402 g/mol. The van der Waals surface area contributed by atoms with Crippen molar-refractivity contribution < 1.29 is 14.9 Å². The van der Waals surface area contributed by atoms with E-state index in [0.717, 1.165) is 22.3 Å². The predicted molar refractivity (Wildman–Crippen MR) is 107 cm³/mol. The second-order valence-electron chi connectivity index (χ2n) is 7.15. The Morgan fingerprint density at radius 1 is 1.25 bits per heavy atom. The van der Waals surface area contributed by atoms with Crippen LogP contribution in [0.25, 0.3) is 11.0 Å². The zero-order valence-electron chi connectivity index (χ0n) is 15.5. The first kappa shape index (κ1) is 19.1. The molecule has 0 saturated heterocycles. The van der Waals surface area contributed by atoms with Crippen molar-refractivity contribution in [2.45, 2.75) is 44.1 Å². The van der Waals surface area contributed by atoms with Crippen LogP contribution in [0.5, 0.6) is 5.75 Å². The second-order valence-corrected chi connectivity index (χ2v) is 7.59. The van der Waals surface area contributed by atoms with Crippen LogP contribution >= 0.6 is 11.6 Å². The molecule has 0 aliphatic heterocycles. The van der Waals surface area contributed by atoms with Crippen molar-refractivity contribution in [1.29, 1.82) is 0 Å². The molecule has 28 heavy (non-hydrogen) atoms. The molecule has 4 rings (SSSR count). The highest BCUT2D eigenvalue weighted by atomic mass is 35.5. The highest BCUT2D eigenvalue weighted by Gasteiger charge is 2.44. The SMILES string of the molecule is Cc1ncnc2c1ccn2[C@@H]1C[C@H](Oc2ccc(Cl)cc2CCN)[C@@H](O)[C@H]1O. The number of rotatable bonds is 5. The van der Waals surface area contributed by atoms with E-state index in [2.05, 4.69) is 9.97 Å². The van der Waals surface area contributed by atoms with Crippen molar-refractivity contribution >= 4 is 22.6 Å². The predicted octanol–water partition coefficient (Wildman–Crippen LogP) is 2.01. The third-order valence-electron chi connectivity index (χ3n) is 5.38. The van der Waals surface area contributed by atoms with Crippen LogP contribution in [0.1, 0.15) is 23.7 Å². The van der Waals surface area contributed by atoms with E-state index in [1.54, 1.807) is 12.1 Å². The molecule has 3 aromatic rings. The van der Waals surface area contributed by atoms with Gasteiger partial charge in [-0.25, -0.2) is 9.97 Å². The maximum atomic E-state index is 10.7. The number of aliphatic hydroxyl groups excluding tert-OH is 2. The van der Waals surface area contributed by atoms with E-state index >= 15 is 0 Å². The first-order valence-corrected chi connectivity index (χ1v) is 9.67. The van der Waals surface area contributed by atoms with Gasteiger partial charge in [-0.2, -0.15) is 0 Å². The number of aliphatic hydroxyl groups is 2. The van der Waals surface area contributed by atoms with Crippen LogP contribution < -0.4 is 10.5 Å². The average Bonchev–Trinajstić information content (AvgIpc) is 3.21. The number of benzene rings is 1. The van der Waals surface area contributed by atoms with Gasteiger partial charge >= 0.3 is 0 Å². The van der Waals surface area contributed by atoms with Crippen LogP contribution in [-0.4, -0.2) is 49.6 Å². The summed E-state index contributed by atoms with van der Waals surface area (Å²) in [6.07, 6.45) is 1.89. The largest absolute Gasteiger partial charge is 0.487 e. The minimum Gasteiger partial charge on any atom is -0.487 e. The van der Waals surface area contributed by atoms with E-state index in [9.17, 15) is 10.2 Å². The molecule has 1 saturated carbocycles. The smallest absolute Gasteiger partial charge is 0.143 e. The molecule has 0 unspecified atom stereocenters. The van der Waals surface area contributed by atoms with Crippen molar-refractivity contribution in [2.24, 2.45) is 5.73 Å². The van der Waals surface area contributed by atoms with Gasteiger partial charge in [-0.05, 0) is 49.7 Å². The fourth-order valence-corrected chi connectivity index (χ4v) is 4.10. The first-order chi connectivity index (χ1) is 13.5. The van der Waals surface area contributed by atoms with Crippen LogP contribution in [0.3, 0.4) is 0 Å². The van der Waals surface area contributed by atoms with E-state index in [1.165, 1.54) is 6.33 Å². The number of ether oxygens (including phenoxy) is 1. The second kappa shape index (κ2) is 7.67. The van der Waals surface area contributed by atoms with Crippen molar-refractivity contribution in [3.8, 4) is 5.75 Å². The Labute approximate surface area is 167 Å². The number of aryl methyl sites for hydroxylation is 1. The van der Waals surface area contributed by atoms with Crippen LogP contribution in [0.4, 0.5) is 0 Å². The van der Waals surface area contributed by atoms with Crippen LogP contribution in [0.2, 0.25) is 5.02 Å². The normalized spacial score (nSPS) is 24.8. The topological polar surface area (TPSA) is 106 Å². The lowest BCUT2D eigenvalue weighted by atomic mass is 10.1. The van der Waals surface area contributed by atoms with Crippen molar-refractivity contribution in [1.82, 2.24) is 14.5 Å². The average molecular weight is 403 g/mol. The lowest BCUT2D eigenvalue weighted by Gasteiger charge is -2.20. The molecule has 2 aromatic heterocycles. The third kappa shape index (κ3) is 3.35. The molecule has 1 fully saturated rings. The quantitative estimate of drug-likeness (QED) is 0.602. The Morgan fingerprint density at radius 3 is 2.86 bits per heavy atom. The lowest BCUT2D eigenvalue weighted by molar-refractivity contribution is -0.0165. The number of nitrogens with two attached hydrogens (primary N) is 1. The molecule has 1 aliphatic rings. The fraction of sp³-hybridized carbons (Fsp3) is 0.400. The zero-order valence-corrected chi connectivity index (χ0v) is 16.3. The molecule has 0 radical (unpaired) electrons. The van der Waals surface area contributed by atoms with Gasteiger partial charge in [0.05, 0.1) is 11.7 Å². The summed E-state index contributed by atoms with van der Waals surface area (Å²) in [6.45, 7) is 2.38. The van der Waals surface area contributed by atoms with E-state index in [0.29, 0.717) is 30.2 Å². The van der Waals surface area contributed by atoms with E-state index in [-0.39, 0.29) is 6.04 Å². The molecule has 4 N–H and O–H groups in total. The minimum absolute atomic E-state index is 0.350. The molecule has 148 valence electrons. The Balaban J connectivity index is 1.61. The minimum atomic E-state index is -1.02. The van der Waals surface area contributed by atoms with Crippen molar-refractivity contribution in [2.75, 3.05) is 6.54 Å². The van der Waals surface area contributed by atoms with Crippen LogP contribution in [-0.2, 0) is 6.42 Å². The highest BCUT2D eigenvalue weighted by Crippen LogP contribution is 2.37. The third-order valence-corrected chi connectivity index (χ3v) is 5.61. The molecule has 1 aromatic carbocycles. The van der Waals surface area contributed by atoms with Crippen LogP contribution in [0.15, 0.2) is 36.8 Å². The molecule has 8 heteroatoms. The van der Waals surface area contributed by atoms with E-state index in [1.807, 2.05) is 29.8 Å². The summed E-state index contributed by atoms with van der Waals surface area (Å²) in [6, 6.07) is 6.92. The molecular weight excluding hydrogens is 380 g/mol. The van der Waals surface area contributed by atoms with Gasteiger partial charge in [0.15, 0.2) is 0 Å². The molecule has 0 bridgehead atoms. The molecular formula is C20H23ClN4O3. The molecule has 0 spiro atoms. The first-order valence-electron chi connectivity index (χ1n) is 9.29. The summed E-state index contributed by atoms with van der Waals surface area (Å²) >= 11 is 6.08. The molecule has 7 nitrogen and oxygen atoms in total. The van der Waals surface area contributed by atoms with Crippen LogP contribution in [0, 0.1) is 6.92 Å². The summed E-state index contributed by atoms with van der Waals surface area (Å²) in [5.41, 5.74) is 8.18. The zero-order chi connectivity index (χ0) is 19.8. The Kier molecular flexibility index (Phi) is 5.25. The molecule has 2 heterocycles. The summed E-state index contributed by atoms with van der Waals surface area (Å²) in [4.78, 5) is 8.56. The Hall–Kier alpha value is -2.19. The van der Waals surface area contributed by atoms with Gasteiger partial charge in [0.25, 0.3) is 0 Å². The lowest BCUT2D eigenvalue weighted by Crippen LogP contribution is -2.34. The summed E-state index contributed by atoms with van der Waals surface area (Å²) in [5, 5.41) is 22.8. The number of halogens is 1. The maximum Gasteiger partial charge on any atom is 0.143 e. The number of hydrogen-bond donors (Lipinski definition) is 3. The highest BCUT2D eigenvalue weighted by molar-refractivity contribution is 6.30. The van der Waals surface area contributed by atoms with Gasteiger partial charge in [-0.15, -0.1) is 0 Å². The standard InChI is InChI=1S/C20H23ClN4O3/c1-11-14-5-7-25(20(14)24-10-23-11)15-9-17(19(27)18(15)26)28-16-3-2-13(21)8-12(16)4-6-22/h2-3,5,7-8,10,15,17-19,26-27H,4,6,9,22H2,1H3/t15-,17+,18+,19-/m1/s1.